The van der Waals surface area contributed by atoms with Crippen LogP contribution in [0.3, 0.4) is 0 Å². The Balaban J connectivity index is 1.31. The third-order valence-corrected chi connectivity index (χ3v) is 10.0. The van der Waals surface area contributed by atoms with Gasteiger partial charge in [-0.25, -0.2) is 9.97 Å². The van der Waals surface area contributed by atoms with Crippen LogP contribution in [0.2, 0.25) is 0 Å². The van der Waals surface area contributed by atoms with Crippen molar-refractivity contribution in [2.75, 3.05) is 0 Å². The molecule has 0 radical (unpaired) electrons. The number of rotatable bonds is 3. The highest BCUT2D eigenvalue weighted by molar-refractivity contribution is 7.26. The SMILES string of the molecule is c1ccc(-c2nc(-c3cccc4c3sc3ccccc34)cc(-n3c4ccccc4c4cc5oc6ccccc6c5cc43)n2)cc1. The van der Waals surface area contributed by atoms with Crippen LogP contribution in [0.25, 0.3) is 92.4 Å². The number of thiophene rings is 1. The molecule has 45 heavy (non-hydrogen) atoms. The van der Waals surface area contributed by atoms with E-state index in [9.17, 15) is 0 Å². The van der Waals surface area contributed by atoms with E-state index in [2.05, 4.69) is 114 Å². The van der Waals surface area contributed by atoms with Crippen LogP contribution >= 0.6 is 11.3 Å². The Labute approximate surface area is 261 Å². The third-order valence-electron chi connectivity index (χ3n) is 8.83. The summed E-state index contributed by atoms with van der Waals surface area (Å²) in [5.74, 6) is 1.53. The van der Waals surface area contributed by atoms with Gasteiger partial charge in [-0.1, -0.05) is 103 Å². The summed E-state index contributed by atoms with van der Waals surface area (Å²) in [6, 6.07) is 48.8. The van der Waals surface area contributed by atoms with Gasteiger partial charge in [0.2, 0.25) is 0 Å². The van der Waals surface area contributed by atoms with Crippen LogP contribution in [-0.2, 0) is 0 Å². The zero-order valence-electron chi connectivity index (χ0n) is 23.9. The van der Waals surface area contributed by atoms with Gasteiger partial charge in [0.25, 0.3) is 0 Å². The molecule has 0 aliphatic rings. The first-order valence-corrected chi connectivity index (χ1v) is 15.8. The van der Waals surface area contributed by atoms with Crippen LogP contribution in [0.4, 0.5) is 0 Å². The van der Waals surface area contributed by atoms with Crippen molar-refractivity contribution in [1.29, 1.82) is 0 Å². The molecule has 4 nitrogen and oxygen atoms in total. The van der Waals surface area contributed by atoms with Crippen molar-refractivity contribution in [2.45, 2.75) is 0 Å². The van der Waals surface area contributed by atoms with E-state index in [1.54, 1.807) is 0 Å². The molecule has 4 heterocycles. The number of nitrogens with zero attached hydrogens (tertiary/aromatic N) is 3. The van der Waals surface area contributed by atoms with Gasteiger partial charge in [0, 0.05) is 58.9 Å². The Morgan fingerprint density at radius 2 is 1.27 bits per heavy atom. The van der Waals surface area contributed by atoms with E-state index < -0.39 is 0 Å². The molecule has 0 atom stereocenters. The maximum atomic E-state index is 6.31. The predicted octanol–water partition coefficient (Wildman–Crippen LogP) is 11.2. The van der Waals surface area contributed by atoms with Crippen molar-refractivity contribution < 1.29 is 4.42 Å². The molecule has 6 aromatic carbocycles. The Hall–Kier alpha value is -5.78. The lowest BCUT2D eigenvalue weighted by Gasteiger charge is -2.12. The number of hydrogen-bond donors (Lipinski definition) is 0. The van der Waals surface area contributed by atoms with Crippen molar-refractivity contribution in [2.24, 2.45) is 0 Å². The van der Waals surface area contributed by atoms with E-state index >= 15 is 0 Å². The average molecular weight is 594 g/mol. The average Bonchev–Trinajstić information content (AvgIpc) is 3.76. The van der Waals surface area contributed by atoms with Gasteiger partial charge in [-0.05, 0) is 30.3 Å². The molecule has 0 saturated carbocycles. The second kappa shape index (κ2) is 9.36. The Morgan fingerprint density at radius 3 is 2.18 bits per heavy atom. The maximum absolute atomic E-state index is 6.31. The number of benzene rings is 6. The van der Waals surface area contributed by atoms with Crippen LogP contribution in [0.1, 0.15) is 0 Å². The second-order valence-electron chi connectivity index (χ2n) is 11.4. The van der Waals surface area contributed by atoms with E-state index in [0.29, 0.717) is 5.82 Å². The second-order valence-corrected chi connectivity index (χ2v) is 12.4. The van der Waals surface area contributed by atoms with Crippen molar-refractivity contribution in [3.63, 3.8) is 0 Å². The van der Waals surface area contributed by atoms with Crippen molar-refractivity contribution in [3.8, 4) is 28.5 Å². The molecule has 0 amide bonds. The fraction of sp³-hybridized carbons (Fsp3) is 0. The van der Waals surface area contributed by atoms with Gasteiger partial charge in [-0.15, -0.1) is 11.3 Å². The van der Waals surface area contributed by atoms with Crippen molar-refractivity contribution in [1.82, 2.24) is 14.5 Å². The first-order valence-electron chi connectivity index (χ1n) is 15.0. The lowest BCUT2D eigenvalue weighted by atomic mass is 10.1. The minimum absolute atomic E-state index is 0.696. The Kier molecular flexibility index (Phi) is 5.12. The molecular weight excluding hydrogens is 571 g/mol. The lowest BCUT2D eigenvalue weighted by molar-refractivity contribution is 0.669. The largest absolute Gasteiger partial charge is 0.456 e. The summed E-state index contributed by atoms with van der Waals surface area (Å²) in [6.07, 6.45) is 0. The normalized spacial score (nSPS) is 12.0. The van der Waals surface area contributed by atoms with Gasteiger partial charge in [0.1, 0.15) is 17.0 Å². The van der Waals surface area contributed by atoms with Gasteiger partial charge in [-0.3, -0.25) is 4.57 Å². The summed E-state index contributed by atoms with van der Waals surface area (Å²) in [5.41, 5.74) is 6.94. The Bertz CT molecular complexity index is 2770. The Morgan fingerprint density at radius 1 is 0.511 bits per heavy atom. The molecule has 0 fully saturated rings. The molecule has 0 aliphatic heterocycles. The van der Waals surface area contributed by atoms with Crippen LogP contribution < -0.4 is 0 Å². The molecule has 5 heteroatoms. The zero-order chi connectivity index (χ0) is 29.5. The fourth-order valence-electron chi connectivity index (χ4n) is 6.79. The van der Waals surface area contributed by atoms with E-state index in [4.69, 9.17) is 14.4 Å². The maximum Gasteiger partial charge on any atom is 0.162 e. The van der Waals surface area contributed by atoms with E-state index in [1.165, 1.54) is 20.2 Å². The summed E-state index contributed by atoms with van der Waals surface area (Å²) in [4.78, 5) is 10.5. The summed E-state index contributed by atoms with van der Waals surface area (Å²) in [7, 11) is 0. The molecular formula is C40H23N3OS. The van der Waals surface area contributed by atoms with Gasteiger partial charge >= 0.3 is 0 Å². The molecule has 0 saturated heterocycles. The minimum Gasteiger partial charge on any atom is -0.456 e. The van der Waals surface area contributed by atoms with Gasteiger partial charge in [0.15, 0.2) is 5.82 Å². The molecule has 0 spiro atoms. The third kappa shape index (κ3) is 3.65. The van der Waals surface area contributed by atoms with Crippen LogP contribution in [0.5, 0.6) is 0 Å². The number of fused-ring (bicyclic) bond motifs is 9. The van der Waals surface area contributed by atoms with Crippen LogP contribution in [0, 0.1) is 0 Å². The highest BCUT2D eigenvalue weighted by atomic mass is 32.1. The van der Waals surface area contributed by atoms with Crippen LogP contribution in [-0.4, -0.2) is 14.5 Å². The van der Waals surface area contributed by atoms with Crippen molar-refractivity contribution in [3.05, 3.63) is 140 Å². The molecule has 0 aliphatic carbocycles. The first-order chi connectivity index (χ1) is 22.3. The van der Waals surface area contributed by atoms with Gasteiger partial charge in [-0.2, -0.15) is 0 Å². The highest BCUT2D eigenvalue weighted by Crippen LogP contribution is 2.42. The summed E-state index contributed by atoms with van der Waals surface area (Å²) in [6.45, 7) is 0. The fourth-order valence-corrected chi connectivity index (χ4v) is 8.01. The number of aromatic nitrogens is 3. The predicted molar refractivity (Wildman–Crippen MR) is 187 cm³/mol. The van der Waals surface area contributed by atoms with Crippen LogP contribution in [0.15, 0.2) is 144 Å². The summed E-state index contributed by atoms with van der Waals surface area (Å²) < 4.78 is 11.1. The topological polar surface area (TPSA) is 43.9 Å². The molecule has 10 rings (SSSR count). The van der Waals surface area contributed by atoms with Crippen molar-refractivity contribution >= 4 is 75.3 Å². The summed E-state index contributed by atoms with van der Waals surface area (Å²) in [5, 5.41) is 7.01. The van der Waals surface area contributed by atoms with Gasteiger partial charge in [0.05, 0.1) is 16.7 Å². The minimum atomic E-state index is 0.696. The molecule has 0 unspecified atom stereocenters. The molecule has 10 aromatic rings. The molecule has 0 bridgehead atoms. The standard InChI is InChI=1S/C40H23N3OS/c1-2-11-24(12-3-1)40-41-32(29-17-10-16-28-27-15-6-9-20-37(27)45-39(28)29)23-38(42-40)43-33-18-7-4-13-25(33)30-22-36-31(21-34(30)43)26-14-5-8-19-35(26)44-36/h1-23H. The lowest BCUT2D eigenvalue weighted by Crippen LogP contribution is -2.02. The number of para-hydroxylation sites is 2. The smallest absolute Gasteiger partial charge is 0.162 e. The number of furan rings is 1. The molecule has 210 valence electrons. The highest BCUT2D eigenvalue weighted by Gasteiger charge is 2.20. The first kappa shape index (κ1) is 24.6. The number of hydrogen-bond acceptors (Lipinski definition) is 4. The van der Waals surface area contributed by atoms with E-state index in [1.807, 2.05) is 41.7 Å². The van der Waals surface area contributed by atoms with E-state index in [0.717, 1.165) is 66.4 Å². The quantitative estimate of drug-likeness (QED) is 0.205. The molecule has 4 aromatic heterocycles. The monoisotopic (exact) mass is 593 g/mol. The van der Waals surface area contributed by atoms with E-state index in [-0.39, 0.29) is 0 Å². The van der Waals surface area contributed by atoms with Gasteiger partial charge < -0.3 is 4.42 Å². The summed E-state index contributed by atoms with van der Waals surface area (Å²) >= 11 is 1.82. The molecule has 0 N–H and O–H groups in total. The zero-order valence-corrected chi connectivity index (χ0v) is 24.8.